The van der Waals surface area contributed by atoms with E-state index in [1.165, 1.54) is 41.6 Å². The van der Waals surface area contributed by atoms with E-state index in [1.54, 1.807) is 24.3 Å². The number of carbonyl (C=O) groups is 4. The van der Waals surface area contributed by atoms with Crippen molar-refractivity contribution in [2.45, 2.75) is 62.7 Å². The van der Waals surface area contributed by atoms with E-state index in [0.29, 0.717) is 5.69 Å². The van der Waals surface area contributed by atoms with Gasteiger partial charge in [-0.3, -0.25) is 24.5 Å². The minimum atomic E-state index is -1.19. The van der Waals surface area contributed by atoms with Gasteiger partial charge in [0.1, 0.15) is 18.1 Å². The van der Waals surface area contributed by atoms with E-state index in [4.69, 9.17) is 0 Å². The molecule has 2 heterocycles. The van der Waals surface area contributed by atoms with E-state index in [-0.39, 0.29) is 48.1 Å². The number of pyridine rings is 1. The van der Waals surface area contributed by atoms with E-state index in [9.17, 15) is 34.4 Å². The molecular weight excluding hydrogens is 622 g/mol. The van der Waals surface area contributed by atoms with Crippen LogP contribution in [0.5, 0.6) is 0 Å². The van der Waals surface area contributed by atoms with Crippen LogP contribution in [0.1, 0.15) is 37.9 Å². The van der Waals surface area contributed by atoms with Crippen LogP contribution in [-0.4, -0.2) is 72.6 Å². The molecule has 0 radical (unpaired) electrons. The van der Waals surface area contributed by atoms with Gasteiger partial charge in [-0.15, -0.1) is 0 Å². The second-order valence-electron chi connectivity index (χ2n) is 10.4. The molecule has 0 saturated carbocycles. The Morgan fingerprint density at radius 2 is 1.67 bits per heavy atom. The standard InChI is InChI=1S/C29H35N7O7S2/c1-18(2)13-23(29(40)41)35-27(39)22(15-20-16-30-17-32-20)34-26(38)21(14-19-7-4-3-5-8-19)33-25(37)10-12-44-45-28-24(36(42)43)9-6-11-31-28/h3-9,11,16-18,21-23H,10,12-15H2,1-2H3,(H,30,32)(H,33,37)(H,34,38)(H,35,39)(H,40,41)/t21-,22-,23-/m0/s1. The summed E-state index contributed by atoms with van der Waals surface area (Å²) >= 11 is 0. The molecule has 240 valence electrons. The highest BCUT2D eigenvalue weighted by Crippen LogP contribution is 2.35. The number of hydrogen-bond donors (Lipinski definition) is 5. The predicted molar refractivity (Wildman–Crippen MR) is 169 cm³/mol. The van der Waals surface area contributed by atoms with Crippen LogP contribution in [0.3, 0.4) is 0 Å². The zero-order valence-electron chi connectivity index (χ0n) is 24.7. The van der Waals surface area contributed by atoms with Gasteiger partial charge in [-0.2, -0.15) is 0 Å². The van der Waals surface area contributed by atoms with Crippen molar-refractivity contribution in [2.24, 2.45) is 5.92 Å². The van der Waals surface area contributed by atoms with E-state index < -0.39 is 46.7 Å². The fraction of sp³-hybridized carbons (Fsp3) is 0.379. The third kappa shape index (κ3) is 11.9. The molecule has 14 nitrogen and oxygen atoms in total. The third-order valence-corrected chi connectivity index (χ3v) is 8.65. The highest BCUT2D eigenvalue weighted by atomic mass is 33.1. The first kappa shape index (κ1) is 35.0. The third-order valence-electron chi connectivity index (χ3n) is 6.37. The van der Waals surface area contributed by atoms with Crippen LogP contribution in [0.15, 0.2) is 66.2 Å². The van der Waals surface area contributed by atoms with E-state index >= 15 is 0 Å². The Morgan fingerprint density at radius 1 is 0.978 bits per heavy atom. The molecule has 0 aliphatic heterocycles. The van der Waals surface area contributed by atoms with Gasteiger partial charge in [-0.25, -0.2) is 14.8 Å². The number of benzene rings is 1. The van der Waals surface area contributed by atoms with Crippen molar-refractivity contribution >= 4 is 51.0 Å². The van der Waals surface area contributed by atoms with Gasteiger partial charge >= 0.3 is 11.7 Å². The molecule has 0 unspecified atom stereocenters. The Labute approximate surface area is 267 Å². The number of H-pyrrole nitrogens is 1. The summed E-state index contributed by atoms with van der Waals surface area (Å²) in [6, 6.07) is 8.46. The monoisotopic (exact) mass is 657 g/mol. The molecule has 0 aliphatic carbocycles. The highest BCUT2D eigenvalue weighted by Gasteiger charge is 2.30. The van der Waals surface area contributed by atoms with Crippen LogP contribution < -0.4 is 16.0 Å². The Balaban J connectivity index is 1.70. The summed E-state index contributed by atoms with van der Waals surface area (Å²) in [5.74, 6) is -2.67. The van der Waals surface area contributed by atoms with E-state index in [2.05, 4.69) is 30.9 Å². The summed E-state index contributed by atoms with van der Waals surface area (Å²) in [6.45, 7) is 3.67. The van der Waals surface area contributed by atoms with Gasteiger partial charge in [0, 0.05) is 49.2 Å². The summed E-state index contributed by atoms with van der Waals surface area (Å²) in [4.78, 5) is 73.2. The molecule has 0 spiro atoms. The van der Waals surface area contributed by atoms with Gasteiger partial charge in [-0.1, -0.05) is 55.0 Å². The summed E-state index contributed by atoms with van der Waals surface area (Å²) in [7, 11) is 2.29. The van der Waals surface area contributed by atoms with Crippen LogP contribution in [0, 0.1) is 16.0 Å². The maximum Gasteiger partial charge on any atom is 0.326 e. The van der Waals surface area contributed by atoms with Crippen LogP contribution in [0.25, 0.3) is 0 Å². The minimum absolute atomic E-state index is 0.00439. The molecule has 3 rings (SSSR count). The van der Waals surface area contributed by atoms with Crippen molar-refractivity contribution in [3.8, 4) is 0 Å². The number of carboxylic acid groups (broad SMARTS) is 1. The summed E-state index contributed by atoms with van der Waals surface area (Å²) < 4.78 is 0. The largest absolute Gasteiger partial charge is 0.480 e. The number of carbonyl (C=O) groups excluding carboxylic acids is 3. The Bertz CT molecular complexity index is 1440. The van der Waals surface area contributed by atoms with E-state index in [1.807, 2.05) is 19.9 Å². The molecule has 3 amide bonds. The molecule has 0 fully saturated rings. The zero-order valence-corrected chi connectivity index (χ0v) is 26.3. The van der Waals surface area contributed by atoms with Crippen molar-refractivity contribution < 1.29 is 29.2 Å². The number of aliphatic carboxylic acids is 1. The van der Waals surface area contributed by atoms with Crippen LogP contribution >= 0.6 is 21.6 Å². The van der Waals surface area contributed by atoms with Crippen molar-refractivity contribution in [3.05, 3.63) is 82.6 Å². The first-order valence-corrected chi connectivity index (χ1v) is 16.4. The number of rotatable bonds is 18. The number of aromatic nitrogens is 3. The zero-order chi connectivity index (χ0) is 32.8. The Kier molecular flexibility index (Phi) is 13.8. The lowest BCUT2D eigenvalue weighted by Gasteiger charge is -2.25. The molecule has 3 aromatic rings. The minimum Gasteiger partial charge on any atom is -0.480 e. The molecule has 1 aromatic carbocycles. The topological polar surface area (TPSA) is 209 Å². The van der Waals surface area contributed by atoms with Gasteiger partial charge in [0.15, 0.2) is 5.03 Å². The van der Waals surface area contributed by atoms with Crippen LogP contribution in [0.4, 0.5) is 5.69 Å². The molecule has 0 aliphatic rings. The number of imidazole rings is 1. The van der Waals surface area contributed by atoms with Crippen molar-refractivity contribution in [2.75, 3.05) is 5.75 Å². The number of nitrogens with zero attached hydrogens (tertiary/aromatic N) is 3. The number of aromatic amines is 1. The quantitative estimate of drug-likeness (QED) is 0.0581. The average Bonchev–Trinajstić information content (AvgIpc) is 3.52. The summed E-state index contributed by atoms with van der Waals surface area (Å²) in [6.07, 6.45) is 4.70. The Morgan fingerprint density at radius 3 is 2.29 bits per heavy atom. The van der Waals surface area contributed by atoms with E-state index in [0.717, 1.165) is 16.4 Å². The molecule has 45 heavy (non-hydrogen) atoms. The maximum atomic E-state index is 13.6. The average molecular weight is 658 g/mol. The maximum absolute atomic E-state index is 13.6. The predicted octanol–water partition coefficient (Wildman–Crippen LogP) is 2.91. The lowest BCUT2D eigenvalue weighted by molar-refractivity contribution is -0.388. The number of carboxylic acids is 1. The fourth-order valence-electron chi connectivity index (χ4n) is 4.21. The number of hydrogen-bond acceptors (Lipinski definition) is 10. The molecule has 16 heteroatoms. The molecular formula is C29H35N7O7S2. The molecule has 5 N–H and O–H groups in total. The first-order valence-electron chi connectivity index (χ1n) is 14.1. The van der Waals surface area contributed by atoms with Crippen LogP contribution in [0.2, 0.25) is 0 Å². The second-order valence-corrected chi connectivity index (χ2v) is 12.8. The fourth-order valence-corrected chi connectivity index (χ4v) is 6.22. The summed E-state index contributed by atoms with van der Waals surface area (Å²) in [5, 5.41) is 29.0. The van der Waals surface area contributed by atoms with Gasteiger partial charge in [0.05, 0.1) is 11.3 Å². The molecule has 0 saturated heterocycles. The molecule has 3 atom stereocenters. The van der Waals surface area contributed by atoms with Gasteiger partial charge in [-0.05, 0) is 34.8 Å². The number of nitrogens with one attached hydrogen (secondary N) is 4. The molecule has 0 bridgehead atoms. The van der Waals surface area contributed by atoms with Crippen molar-refractivity contribution in [3.63, 3.8) is 0 Å². The van der Waals surface area contributed by atoms with Gasteiger partial charge in [0.2, 0.25) is 17.7 Å². The SMILES string of the molecule is CC(C)C[C@H](NC(=O)[C@H](Cc1cnc[nH]1)NC(=O)[C@H](Cc1ccccc1)NC(=O)CCSSc1ncccc1[N+](=O)[O-])C(=O)O. The van der Waals surface area contributed by atoms with Gasteiger partial charge < -0.3 is 26.0 Å². The lowest BCUT2D eigenvalue weighted by Crippen LogP contribution is -2.57. The summed E-state index contributed by atoms with van der Waals surface area (Å²) in [5.41, 5.74) is 1.17. The normalized spacial score (nSPS) is 13.0. The van der Waals surface area contributed by atoms with Crippen molar-refractivity contribution in [1.82, 2.24) is 30.9 Å². The smallest absolute Gasteiger partial charge is 0.326 e. The van der Waals surface area contributed by atoms with Gasteiger partial charge in [0.25, 0.3) is 0 Å². The Hall–Kier alpha value is -4.44. The molecule has 2 aromatic heterocycles. The number of nitro groups is 1. The highest BCUT2D eigenvalue weighted by molar-refractivity contribution is 8.76. The van der Waals surface area contributed by atoms with Crippen molar-refractivity contribution in [1.29, 1.82) is 0 Å². The van der Waals surface area contributed by atoms with Crippen LogP contribution in [-0.2, 0) is 32.0 Å². The lowest BCUT2D eigenvalue weighted by atomic mass is 10.0. The second kappa shape index (κ2) is 17.8. The number of amides is 3. The first-order chi connectivity index (χ1) is 21.5.